The average molecular weight is 280 g/mol. The zero-order chi connectivity index (χ0) is 15.0. The van der Waals surface area contributed by atoms with Crippen molar-refractivity contribution in [1.29, 1.82) is 0 Å². The number of nitrogens with two attached hydrogens (primary N) is 1. The van der Waals surface area contributed by atoms with Crippen LogP contribution in [0.25, 0.3) is 5.70 Å². The molecule has 1 rings (SSSR count). The van der Waals surface area contributed by atoms with E-state index in [0.717, 1.165) is 6.08 Å². The first kappa shape index (κ1) is 15.5. The van der Waals surface area contributed by atoms with Crippen LogP contribution in [0, 0.1) is 0 Å². The Labute approximate surface area is 115 Å². The number of hydrogen-bond donors (Lipinski definition) is 4. The van der Waals surface area contributed by atoms with Gasteiger partial charge in [0.15, 0.2) is 0 Å². The van der Waals surface area contributed by atoms with Gasteiger partial charge in [0.05, 0.1) is 18.8 Å². The minimum atomic E-state index is -1.17. The number of carboxylic acid groups (broad SMARTS) is 1. The van der Waals surface area contributed by atoms with E-state index in [9.17, 15) is 9.59 Å². The Morgan fingerprint density at radius 3 is 2.65 bits per heavy atom. The van der Waals surface area contributed by atoms with Gasteiger partial charge < -0.3 is 26.0 Å². The largest absolute Gasteiger partial charge is 0.490 e. The summed E-state index contributed by atoms with van der Waals surface area (Å²) >= 11 is 0. The highest BCUT2D eigenvalue weighted by atomic mass is 16.5. The zero-order valence-corrected chi connectivity index (χ0v) is 10.7. The Balaban J connectivity index is 3.06. The van der Waals surface area contributed by atoms with Gasteiger partial charge in [0.2, 0.25) is 5.91 Å². The summed E-state index contributed by atoms with van der Waals surface area (Å²) in [4.78, 5) is 21.6. The molecule has 0 bridgehead atoms. The molecule has 0 aliphatic heterocycles. The van der Waals surface area contributed by atoms with Crippen LogP contribution >= 0.6 is 0 Å². The molecule has 0 fully saturated rings. The van der Waals surface area contributed by atoms with Crippen molar-refractivity contribution >= 4 is 17.6 Å². The highest BCUT2D eigenvalue weighted by Crippen LogP contribution is 2.24. The van der Waals surface area contributed by atoms with Gasteiger partial charge in [-0.3, -0.25) is 4.79 Å². The number of primary amides is 1. The Morgan fingerprint density at radius 2 is 2.05 bits per heavy atom. The van der Waals surface area contributed by atoms with E-state index in [0.29, 0.717) is 11.3 Å². The smallest absolute Gasteiger partial charge is 0.330 e. The van der Waals surface area contributed by atoms with Crippen LogP contribution in [-0.2, 0) is 9.59 Å². The lowest BCUT2D eigenvalue weighted by Gasteiger charge is -2.14. The van der Waals surface area contributed by atoms with Crippen molar-refractivity contribution in [3.05, 3.63) is 35.9 Å². The average Bonchev–Trinajstić information content (AvgIpc) is 2.41. The number of amides is 1. The topological polar surface area (TPSA) is 122 Å². The van der Waals surface area contributed by atoms with Crippen molar-refractivity contribution in [2.45, 2.75) is 0 Å². The molecule has 1 aromatic carbocycles. The SMILES string of the molecule is NC(=O)CNC(=CC(=O)O)c1ccccc1OCCO. The number of ether oxygens (including phenoxy) is 1. The molecule has 0 aliphatic carbocycles. The fourth-order valence-corrected chi connectivity index (χ4v) is 1.50. The third kappa shape index (κ3) is 4.99. The molecule has 0 spiro atoms. The van der Waals surface area contributed by atoms with Crippen molar-refractivity contribution in [3.63, 3.8) is 0 Å². The summed E-state index contributed by atoms with van der Waals surface area (Å²) in [6.07, 6.45) is 0.921. The summed E-state index contributed by atoms with van der Waals surface area (Å²) in [5, 5.41) is 20.3. The van der Waals surface area contributed by atoms with Crippen LogP contribution in [-0.4, -0.2) is 41.8 Å². The van der Waals surface area contributed by atoms with Crippen molar-refractivity contribution < 1.29 is 24.5 Å². The van der Waals surface area contributed by atoms with Gasteiger partial charge in [-0.2, -0.15) is 0 Å². The van der Waals surface area contributed by atoms with Crippen molar-refractivity contribution in [2.75, 3.05) is 19.8 Å². The summed E-state index contributed by atoms with van der Waals surface area (Å²) in [6, 6.07) is 6.67. The van der Waals surface area contributed by atoms with Crippen LogP contribution in [0.2, 0.25) is 0 Å². The number of hydrogen-bond acceptors (Lipinski definition) is 5. The quantitative estimate of drug-likeness (QED) is 0.479. The lowest BCUT2D eigenvalue weighted by molar-refractivity contribution is -0.131. The zero-order valence-electron chi connectivity index (χ0n) is 10.7. The molecule has 0 heterocycles. The summed E-state index contributed by atoms with van der Waals surface area (Å²) in [5.41, 5.74) is 5.69. The van der Waals surface area contributed by atoms with E-state index < -0.39 is 11.9 Å². The van der Waals surface area contributed by atoms with E-state index in [2.05, 4.69) is 5.32 Å². The van der Waals surface area contributed by atoms with E-state index in [1.807, 2.05) is 0 Å². The number of benzene rings is 1. The molecule has 0 aromatic heterocycles. The first-order valence-corrected chi connectivity index (χ1v) is 5.84. The standard InChI is InChI=1S/C13H16N2O5/c14-12(17)8-15-10(7-13(18)19)9-3-1-2-4-11(9)20-6-5-16/h1-4,7,15-16H,5-6,8H2,(H2,14,17)(H,18,19). The maximum absolute atomic E-state index is 10.8. The van der Waals surface area contributed by atoms with Gasteiger partial charge in [0, 0.05) is 11.6 Å². The number of para-hydroxylation sites is 1. The van der Waals surface area contributed by atoms with E-state index >= 15 is 0 Å². The third-order valence-corrected chi connectivity index (χ3v) is 2.25. The minimum absolute atomic E-state index is 0.0766. The molecule has 0 aliphatic rings. The fourth-order valence-electron chi connectivity index (χ4n) is 1.50. The van der Waals surface area contributed by atoms with Crippen molar-refractivity contribution in [3.8, 4) is 5.75 Å². The molecule has 0 unspecified atom stereocenters. The number of aliphatic hydroxyl groups excluding tert-OH is 1. The molecular formula is C13H16N2O5. The van der Waals surface area contributed by atoms with Crippen LogP contribution in [0.5, 0.6) is 5.75 Å². The first-order valence-electron chi connectivity index (χ1n) is 5.84. The monoisotopic (exact) mass is 280 g/mol. The van der Waals surface area contributed by atoms with Gasteiger partial charge in [-0.1, -0.05) is 12.1 Å². The number of carbonyl (C=O) groups is 2. The number of carboxylic acids is 1. The molecular weight excluding hydrogens is 264 g/mol. The highest BCUT2D eigenvalue weighted by molar-refractivity contribution is 5.91. The maximum Gasteiger partial charge on any atom is 0.330 e. The molecule has 7 nitrogen and oxygen atoms in total. The molecule has 0 atom stereocenters. The summed E-state index contributed by atoms with van der Waals surface area (Å²) in [5.74, 6) is -1.39. The Bertz CT molecular complexity index is 513. The lowest BCUT2D eigenvalue weighted by Crippen LogP contribution is -2.28. The van der Waals surface area contributed by atoms with E-state index in [4.69, 9.17) is 20.7 Å². The predicted octanol–water partition coefficient (Wildman–Crippen LogP) is -0.442. The molecule has 5 N–H and O–H groups in total. The molecule has 0 saturated carbocycles. The molecule has 1 amide bonds. The summed E-state index contributed by atoms with van der Waals surface area (Å²) in [6.45, 7) is -0.290. The van der Waals surface area contributed by atoms with Crippen LogP contribution in [0.4, 0.5) is 0 Å². The van der Waals surface area contributed by atoms with Gasteiger partial charge in [0.1, 0.15) is 12.4 Å². The predicted molar refractivity (Wildman–Crippen MR) is 71.8 cm³/mol. The Kier molecular flexibility index (Phi) is 6.05. The first-order chi connectivity index (χ1) is 9.54. The molecule has 1 aromatic rings. The van der Waals surface area contributed by atoms with Gasteiger partial charge in [0.25, 0.3) is 0 Å². The maximum atomic E-state index is 10.8. The summed E-state index contributed by atoms with van der Waals surface area (Å²) in [7, 11) is 0. The molecule has 7 heteroatoms. The number of rotatable bonds is 8. The number of aliphatic carboxylic acids is 1. The number of carbonyl (C=O) groups excluding carboxylic acids is 1. The van der Waals surface area contributed by atoms with Crippen LogP contribution in [0.1, 0.15) is 5.56 Å². The number of nitrogens with one attached hydrogen (secondary N) is 1. The van der Waals surface area contributed by atoms with E-state index in [1.165, 1.54) is 0 Å². The van der Waals surface area contributed by atoms with Crippen LogP contribution in [0.15, 0.2) is 30.3 Å². The minimum Gasteiger partial charge on any atom is -0.490 e. The van der Waals surface area contributed by atoms with Crippen LogP contribution < -0.4 is 15.8 Å². The second-order valence-corrected chi connectivity index (χ2v) is 3.78. The second-order valence-electron chi connectivity index (χ2n) is 3.78. The van der Waals surface area contributed by atoms with Crippen molar-refractivity contribution in [2.24, 2.45) is 5.73 Å². The van der Waals surface area contributed by atoms with E-state index in [-0.39, 0.29) is 25.5 Å². The molecule has 0 radical (unpaired) electrons. The van der Waals surface area contributed by atoms with E-state index in [1.54, 1.807) is 24.3 Å². The van der Waals surface area contributed by atoms with Crippen molar-refractivity contribution in [1.82, 2.24) is 5.32 Å². The second kappa shape index (κ2) is 7.80. The lowest BCUT2D eigenvalue weighted by atomic mass is 10.1. The Hall–Kier alpha value is -2.54. The van der Waals surface area contributed by atoms with Crippen LogP contribution in [0.3, 0.4) is 0 Å². The molecule has 0 saturated heterocycles. The number of aliphatic hydroxyl groups is 1. The fraction of sp³-hybridized carbons (Fsp3) is 0.231. The van der Waals surface area contributed by atoms with Gasteiger partial charge in [-0.25, -0.2) is 4.79 Å². The van der Waals surface area contributed by atoms with Gasteiger partial charge in [-0.05, 0) is 12.1 Å². The Morgan fingerprint density at radius 1 is 1.35 bits per heavy atom. The third-order valence-electron chi connectivity index (χ3n) is 2.25. The van der Waals surface area contributed by atoms with Gasteiger partial charge in [-0.15, -0.1) is 0 Å². The van der Waals surface area contributed by atoms with Gasteiger partial charge >= 0.3 is 5.97 Å². The highest BCUT2D eigenvalue weighted by Gasteiger charge is 2.11. The molecule has 20 heavy (non-hydrogen) atoms. The molecule has 108 valence electrons. The summed E-state index contributed by atoms with van der Waals surface area (Å²) < 4.78 is 5.32. The normalized spacial score (nSPS) is 10.9.